The van der Waals surface area contributed by atoms with Gasteiger partial charge in [-0.05, 0) is 98.8 Å². The second kappa shape index (κ2) is 15.9. The van der Waals surface area contributed by atoms with Crippen molar-refractivity contribution in [3.63, 3.8) is 0 Å². The molecule has 0 radical (unpaired) electrons. The third kappa shape index (κ3) is 7.74. The molecular formula is C47H54N6O8. The molecule has 4 aliphatic heterocycles. The molecule has 0 bridgehead atoms. The lowest BCUT2D eigenvalue weighted by atomic mass is 9.49. The van der Waals surface area contributed by atoms with Gasteiger partial charge in [0.25, 0.3) is 17.7 Å². The van der Waals surface area contributed by atoms with Gasteiger partial charge >= 0.3 is 0 Å². The van der Waals surface area contributed by atoms with Gasteiger partial charge < -0.3 is 24.4 Å². The zero-order valence-electron chi connectivity index (χ0n) is 35.8. The fourth-order valence-electron chi connectivity index (χ4n) is 10.6. The Morgan fingerprint density at radius 3 is 2.23 bits per heavy atom. The highest BCUT2D eigenvalue weighted by molar-refractivity contribution is 6.23. The molecule has 1 atom stereocenters. The van der Waals surface area contributed by atoms with Crippen LogP contribution in [0.2, 0.25) is 0 Å². The lowest BCUT2D eigenvalue weighted by molar-refractivity contribution is -0.164. The van der Waals surface area contributed by atoms with Gasteiger partial charge in [0.2, 0.25) is 11.8 Å². The first-order valence-corrected chi connectivity index (χ1v) is 21.2. The van der Waals surface area contributed by atoms with Gasteiger partial charge in [-0.2, -0.15) is 5.26 Å². The number of carbonyl (C=O) groups is 5. The molecule has 320 valence electrons. The molecule has 1 saturated carbocycles. The predicted molar refractivity (Wildman–Crippen MR) is 225 cm³/mol. The number of anilines is 1. The monoisotopic (exact) mass is 830 g/mol. The number of rotatable bonds is 10. The molecule has 1 unspecified atom stereocenters. The molecule has 5 aliphatic rings. The van der Waals surface area contributed by atoms with Crippen molar-refractivity contribution >= 4 is 35.2 Å². The third-order valence-corrected chi connectivity index (χ3v) is 13.6. The Bertz CT molecular complexity index is 2290. The average molecular weight is 831 g/mol. The van der Waals surface area contributed by atoms with Crippen LogP contribution in [0.15, 0.2) is 54.6 Å². The van der Waals surface area contributed by atoms with E-state index in [0.717, 1.165) is 66.5 Å². The Morgan fingerprint density at radius 1 is 0.902 bits per heavy atom. The van der Waals surface area contributed by atoms with E-state index < -0.39 is 29.7 Å². The zero-order chi connectivity index (χ0) is 43.4. The van der Waals surface area contributed by atoms with Gasteiger partial charge in [0.15, 0.2) is 0 Å². The normalized spacial score (nSPS) is 24.1. The summed E-state index contributed by atoms with van der Waals surface area (Å²) in [5, 5.41) is 15.0. The number of carbonyl (C=O) groups excluding carboxylic acids is 5. The van der Waals surface area contributed by atoms with E-state index in [9.17, 15) is 29.2 Å². The number of nitriles is 1. The topological polar surface area (TPSA) is 171 Å². The zero-order valence-corrected chi connectivity index (χ0v) is 35.8. The molecule has 1 spiro atoms. The Kier molecular flexibility index (Phi) is 10.9. The third-order valence-electron chi connectivity index (χ3n) is 13.6. The molecular weight excluding hydrogens is 777 g/mol. The highest BCUT2D eigenvalue weighted by Gasteiger charge is 2.64. The van der Waals surface area contributed by atoms with Gasteiger partial charge in [-0.3, -0.25) is 39.1 Å². The fourth-order valence-corrected chi connectivity index (χ4v) is 10.6. The largest absolute Gasteiger partial charge is 0.492 e. The minimum Gasteiger partial charge on any atom is -0.492 e. The average Bonchev–Trinajstić information content (AvgIpc) is 3.47. The van der Waals surface area contributed by atoms with Crippen LogP contribution in [0.3, 0.4) is 0 Å². The maximum atomic E-state index is 13.6. The molecule has 14 nitrogen and oxygen atoms in total. The van der Waals surface area contributed by atoms with E-state index in [2.05, 4.69) is 54.2 Å². The second-order valence-electron chi connectivity index (χ2n) is 18.4. The molecule has 8 rings (SSSR count). The highest BCUT2D eigenvalue weighted by atomic mass is 16.5. The number of aryl methyl sites for hydroxylation is 2. The van der Waals surface area contributed by atoms with Crippen LogP contribution < -0.4 is 25.0 Å². The van der Waals surface area contributed by atoms with E-state index in [1.54, 1.807) is 18.2 Å². The van der Waals surface area contributed by atoms with Crippen molar-refractivity contribution in [1.82, 2.24) is 20.4 Å². The van der Waals surface area contributed by atoms with Crippen LogP contribution in [0.4, 0.5) is 5.69 Å². The highest BCUT2D eigenvalue weighted by Crippen LogP contribution is 2.55. The van der Waals surface area contributed by atoms with Crippen LogP contribution in [0.1, 0.15) is 101 Å². The van der Waals surface area contributed by atoms with Crippen molar-refractivity contribution < 1.29 is 38.2 Å². The van der Waals surface area contributed by atoms with Crippen LogP contribution in [-0.4, -0.2) is 109 Å². The Hall–Kier alpha value is -5.78. The van der Waals surface area contributed by atoms with Gasteiger partial charge in [-0.25, -0.2) is 0 Å². The summed E-state index contributed by atoms with van der Waals surface area (Å²) in [5.74, 6) is -1.08. The van der Waals surface area contributed by atoms with Crippen molar-refractivity contribution in [3.8, 4) is 17.6 Å². The van der Waals surface area contributed by atoms with Gasteiger partial charge in [0.1, 0.15) is 30.3 Å². The van der Waals surface area contributed by atoms with Crippen LogP contribution in [0.5, 0.6) is 11.5 Å². The Balaban J connectivity index is 0.806. The fraction of sp³-hybridized carbons (Fsp3) is 0.489. The van der Waals surface area contributed by atoms with Gasteiger partial charge in [0, 0.05) is 67.3 Å². The van der Waals surface area contributed by atoms with Crippen molar-refractivity contribution in [1.29, 1.82) is 5.26 Å². The molecule has 3 aromatic rings. The first-order valence-electron chi connectivity index (χ1n) is 21.2. The summed E-state index contributed by atoms with van der Waals surface area (Å²) in [5.41, 5.74) is 3.59. The number of nitrogens with zero attached hydrogens (tertiary/aromatic N) is 4. The van der Waals surface area contributed by atoms with Crippen molar-refractivity contribution in [2.45, 2.75) is 91.0 Å². The minimum absolute atomic E-state index is 0.0652. The molecule has 4 heterocycles. The van der Waals surface area contributed by atoms with Crippen LogP contribution in [0, 0.1) is 36.0 Å². The number of nitrogens with one attached hydrogen (secondary N) is 2. The van der Waals surface area contributed by atoms with E-state index in [1.165, 1.54) is 0 Å². The van der Waals surface area contributed by atoms with Gasteiger partial charge in [0.05, 0.1) is 35.0 Å². The molecule has 3 saturated heterocycles. The molecule has 4 fully saturated rings. The van der Waals surface area contributed by atoms with Gasteiger partial charge in [-0.15, -0.1) is 0 Å². The standard InChI is InChI=1S/C47H54N6O8/c1-28-23-33(24-29(2)36(28)26-48)61-44-45(3,4)43(46(44,5)6)50-39(55)30-7-9-31(10-8-30)52-17-15-47(16-18-52)27-51(20-22-60-47)19-21-59-32-11-12-34-35(25-32)42(58)53(41(34)57)37-13-14-38(54)49-40(37)56/h7-12,23-25,37,43-44H,13-22,27H2,1-6H3,(H,50,55)(H,49,54,56). The maximum Gasteiger partial charge on any atom is 0.262 e. The number of fused-ring (bicyclic) bond motifs is 1. The first-order chi connectivity index (χ1) is 29.0. The minimum atomic E-state index is -1.01. The van der Waals surface area contributed by atoms with E-state index in [1.807, 2.05) is 50.2 Å². The van der Waals surface area contributed by atoms with E-state index in [4.69, 9.17) is 14.2 Å². The summed E-state index contributed by atoms with van der Waals surface area (Å²) >= 11 is 0. The molecule has 61 heavy (non-hydrogen) atoms. The number of imide groups is 2. The molecule has 5 amide bonds. The van der Waals surface area contributed by atoms with Crippen LogP contribution >= 0.6 is 0 Å². The lowest BCUT2D eigenvalue weighted by Gasteiger charge is -2.63. The van der Waals surface area contributed by atoms with E-state index >= 15 is 0 Å². The van der Waals surface area contributed by atoms with E-state index in [0.29, 0.717) is 36.6 Å². The SMILES string of the molecule is Cc1cc(OC2C(C)(C)C(NC(=O)c3ccc(N4CCC5(CC4)CN(CCOc4ccc6c(c4)C(=O)N(C4CCC(=O)NC4=O)C6=O)CCO5)cc3)C2(C)C)cc(C)c1C#N. The summed E-state index contributed by atoms with van der Waals surface area (Å²) in [4.78, 5) is 69.5. The van der Waals surface area contributed by atoms with Crippen molar-refractivity contribution in [2.75, 3.05) is 50.8 Å². The number of hydrogen-bond acceptors (Lipinski definition) is 11. The summed E-state index contributed by atoms with van der Waals surface area (Å²) in [6.07, 6.45) is 1.74. The molecule has 1 aliphatic carbocycles. The predicted octanol–water partition coefficient (Wildman–Crippen LogP) is 4.94. The van der Waals surface area contributed by atoms with Crippen LogP contribution in [0.25, 0.3) is 0 Å². The molecule has 3 aromatic carbocycles. The lowest BCUT2D eigenvalue weighted by Crippen LogP contribution is -2.74. The summed E-state index contributed by atoms with van der Waals surface area (Å²) in [6, 6.07) is 17.6. The Labute approximate surface area is 356 Å². The maximum absolute atomic E-state index is 13.6. The van der Waals surface area contributed by atoms with Crippen molar-refractivity contribution in [2.24, 2.45) is 10.8 Å². The summed E-state index contributed by atoms with van der Waals surface area (Å²) in [7, 11) is 0. The summed E-state index contributed by atoms with van der Waals surface area (Å²) in [6.45, 7) is 17.2. The first kappa shape index (κ1) is 41.9. The number of amides is 5. The molecule has 2 N–H and O–H groups in total. The summed E-state index contributed by atoms with van der Waals surface area (Å²) < 4.78 is 19.0. The van der Waals surface area contributed by atoms with Gasteiger partial charge in [-0.1, -0.05) is 27.7 Å². The molecule has 14 heteroatoms. The molecule has 0 aromatic heterocycles. The number of benzene rings is 3. The van der Waals surface area contributed by atoms with Crippen LogP contribution in [-0.2, 0) is 14.3 Å². The number of morpholine rings is 1. The number of ether oxygens (including phenoxy) is 3. The smallest absolute Gasteiger partial charge is 0.262 e. The van der Waals surface area contributed by atoms with E-state index in [-0.39, 0.29) is 58.5 Å². The quantitative estimate of drug-likeness (QED) is 0.266. The number of hydrogen-bond donors (Lipinski definition) is 2. The number of piperidine rings is 2. The second-order valence-corrected chi connectivity index (χ2v) is 18.4. The van der Waals surface area contributed by atoms with Crippen molar-refractivity contribution in [3.05, 3.63) is 88.0 Å². The Morgan fingerprint density at radius 2 is 1.57 bits per heavy atom.